The highest BCUT2D eigenvalue weighted by Crippen LogP contribution is 2.28. The van der Waals surface area contributed by atoms with Gasteiger partial charge in [0.25, 0.3) is 11.8 Å². The van der Waals surface area contributed by atoms with Crippen LogP contribution in [0.25, 0.3) is 0 Å². The van der Waals surface area contributed by atoms with E-state index in [1.165, 1.54) is 12.0 Å². The number of carbonyl (C=O) groups is 2. The van der Waals surface area contributed by atoms with Crippen LogP contribution in [0.1, 0.15) is 21.5 Å². The maximum Gasteiger partial charge on any atom is 0.259 e. The lowest BCUT2D eigenvalue weighted by molar-refractivity contribution is -0.130. The molecule has 0 radical (unpaired) electrons. The Hall–Kier alpha value is -4.00. The Balaban J connectivity index is 1.57. The van der Waals surface area contributed by atoms with Crippen LogP contribution in [0.2, 0.25) is 0 Å². The SMILES string of the molecule is COc1cc(CNC(=O)c2cccc(OCc3ccccc3)c2)ccc1OCC(=O)N(C)C. The molecule has 0 unspecified atom stereocenters. The Bertz CT molecular complexity index is 1080. The fourth-order valence-electron chi connectivity index (χ4n) is 2.96. The minimum atomic E-state index is -0.212. The number of ether oxygens (including phenoxy) is 3. The van der Waals surface area contributed by atoms with E-state index in [1.807, 2.05) is 42.5 Å². The fraction of sp³-hybridized carbons (Fsp3) is 0.231. The average molecular weight is 449 g/mol. The van der Waals surface area contributed by atoms with E-state index in [0.717, 1.165) is 11.1 Å². The summed E-state index contributed by atoms with van der Waals surface area (Å²) in [6.07, 6.45) is 0. The van der Waals surface area contributed by atoms with Crippen molar-refractivity contribution in [2.45, 2.75) is 13.2 Å². The van der Waals surface area contributed by atoms with Gasteiger partial charge in [0.1, 0.15) is 12.4 Å². The van der Waals surface area contributed by atoms with Gasteiger partial charge in [0.2, 0.25) is 0 Å². The first kappa shape index (κ1) is 23.7. The number of carbonyl (C=O) groups excluding carboxylic acids is 2. The highest BCUT2D eigenvalue weighted by atomic mass is 16.5. The number of methoxy groups -OCH3 is 1. The molecule has 1 N–H and O–H groups in total. The minimum absolute atomic E-state index is 0.0812. The predicted molar refractivity (Wildman–Crippen MR) is 126 cm³/mol. The smallest absolute Gasteiger partial charge is 0.259 e. The molecule has 3 aromatic rings. The van der Waals surface area contributed by atoms with Crippen molar-refractivity contribution in [3.05, 3.63) is 89.5 Å². The number of rotatable bonds is 10. The first-order chi connectivity index (χ1) is 16.0. The largest absolute Gasteiger partial charge is 0.493 e. The minimum Gasteiger partial charge on any atom is -0.493 e. The molecular formula is C26H28N2O5. The predicted octanol–water partition coefficient (Wildman–Crippen LogP) is 3.67. The lowest BCUT2D eigenvalue weighted by Crippen LogP contribution is -2.27. The molecule has 2 amide bonds. The van der Waals surface area contributed by atoms with Crippen LogP contribution in [0.15, 0.2) is 72.8 Å². The normalized spacial score (nSPS) is 10.3. The summed E-state index contributed by atoms with van der Waals surface area (Å²) >= 11 is 0. The topological polar surface area (TPSA) is 77.1 Å². The molecule has 0 fully saturated rings. The van der Waals surface area contributed by atoms with Crippen LogP contribution in [0.3, 0.4) is 0 Å². The second-order valence-electron chi connectivity index (χ2n) is 7.55. The van der Waals surface area contributed by atoms with Gasteiger partial charge >= 0.3 is 0 Å². The van der Waals surface area contributed by atoms with Crippen LogP contribution in [0, 0.1) is 0 Å². The third kappa shape index (κ3) is 7.00. The van der Waals surface area contributed by atoms with Gasteiger partial charge in [-0.2, -0.15) is 0 Å². The molecule has 172 valence electrons. The van der Waals surface area contributed by atoms with Crippen molar-refractivity contribution in [3.63, 3.8) is 0 Å². The standard InChI is InChI=1S/C26H28N2O5/c1-28(2)25(29)18-33-23-13-12-20(14-24(23)31-3)16-27-26(30)21-10-7-11-22(15-21)32-17-19-8-5-4-6-9-19/h4-15H,16-18H2,1-3H3,(H,27,30). The molecule has 3 rings (SSSR count). The highest BCUT2D eigenvalue weighted by molar-refractivity contribution is 5.94. The van der Waals surface area contributed by atoms with Crippen LogP contribution >= 0.6 is 0 Å². The van der Waals surface area contributed by atoms with Crippen molar-refractivity contribution in [2.24, 2.45) is 0 Å². The number of nitrogens with one attached hydrogen (secondary N) is 1. The van der Waals surface area contributed by atoms with Crippen molar-refractivity contribution in [1.29, 1.82) is 0 Å². The van der Waals surface area contributed by atoms with Crippen LogP contribution < -0.4 is 19.5 Å². The number of amides is 2. The molecule has 0 aliphatic heterocycles. The summed E-state index contributed by atoms with van der Waals surface area (Å²) in [7, 11) is 4.86. The number of hydrogen-bond donors (Lipinski definition) is 1. The van der Waals surface area contributed by atoms with Gasteiger partial charge in [0.05, 0.1) is 7.11 Å². The lowest BCUT2D eigenvalue weighted by Gasteiger charge is -2.14. The van der Waals surface area contributed by atoms with Crippen molar-refractivity contribution in [3.8, 4) is 17.2 Å². The first-order valence-electron chi connectivity index (χ1n) is 10.5. The van der Waals surface area contributed by atoms with Crippen molar-refractivity contribution < 1.29 is 23.8 Å². The van der Waals surface area contributed by atoms with Crippen molar-refractivity contribution in [2.75, 3.05) is 27.8 Å². The molecule has 0 aliphatic rings. The Morgan fingerprint density at radius 3 is 2.36 bits per heavy atom. The van der Waals surface area contributed by atoms with Gasteiger partial charge in [-0.1, -0.05) is 42.5 Å². The summed E-state index contributed by atoms with van der Waals surface area (Å²) in [5.41, 5.74) is 2.40. The van der Waals surface area contributed by atoms with E-state index < -0.39 is 0 Å². The Morgan fingerprint density at radius 1 is 0.848 bits per heavy atom. The van der Waals surface area contributed by atoms with Crippen molar-refractivity contribution >= 4 is 11.8 Å². The first-order valence-corrected chi connectivity index (χ1v) is 10.5. The summed E-state index contributed by atoms with van der Waals surface area (Å²) in [5.74, 6) is 1.22. The van der Waals surface area contributed by atoms with Gasteiger partial charge in [-0.3, -0.25) is 9.59 Å². The van der Waals surface area contributed by atoms with E-state index >= 15 is 0 Å². The number of hydrogen-bond acceptors (Lipinski definition) is 5. The number of likely N-dealkylation sites (N-methyl/N-ethyl adjacent to an activating group) is 1. The molecule has 0 aliphatic carbocycles. The summed E-state index contributed by atoms with van der Waals surface area (Å²) in [6, 6.07) is 22.2. The third-order valence-corrected chi connectivity index (χ3v) is 4.88. The van der Waals surface area contributed by atoms with E-state index in [0.29, 0.717) is 36.0 Å². The molecule has 0 saturated carbocycles. The van der Waals surface area contributed by atoms with Gasteiger partial charge in [-0.25, -0.2) is 0 Å². The van der Waals surface area contributed by atoms with Gasteiger partial charge in [0, 0.05) is 26.2 Å². The quantitative estimate of drug-likeness (QED) is 0.512. The molecule has 0 spiro atoms. The molecule has 33 heavy (non-hydrogen) atoms. The Morgan fingerprint density at radius 2 is 1.64 bits per heavy atom. The summed E-state index contributed by atoms with van der Waals surface area (Å²) in [5, 5.41) is 2.90. The molecule has 0 bridgehead atoms. The molecule has 0 aromatic heterocycles. The molecule has 3 aromatic carbocycles. The number of benzene rings is 3. The van der Waals surface area contributed by atoms with E-state index in [1.54, 1.807) is 44.4 Å². The van der Waals surface area contributed by atoms with Gasteiger partial charge in [-0.15, -0.1) is 0 Å². The zero-order valence-corrected chi connectivity index (χ0v) is 19.0. The zero-order chi connectivity index (χ0) is 23.6. The third-order valence-electron chi connectivity index (χ3n) is 4.88. The molecule has 7 nitrogen and oxygen atoms in total. The highest BCUT2D eigenvalue weighted by Gasteiger charge is 2.11. The fourth-order valence-corrected chi connectivity index (χ4v) is 2.96. The second kappa shape index (κ2) is 11.6. The Kier molecular flexibility index (Phi) is 8.30. The Labute approximate surface area is 193 Å². The average Bonchev–Trinajstić information content (AvgIpc) is 2.85. The van der Waals surface area contributed by atoms with Crippen LogP contribution in [-0.4, -0.2) is 44.5 Å². The molecular weight excluding hydrogens is 420 g/mol. The van der Waals surface area contributed by atoms with Crippen molar-refractivity contribution in [1.82, 2.24) is 10.2 Å². The van der Waals surface area contributed by atoms with Gasteiger partial charge < -0.3 is 24.4 Å². The molecule has 7 heteroatoms. The summed E-state index contributed by atoms with van der Waals surface area (Å²) in [6.45, 7) is 0.656. The molecule has 0 heterocycles. The maximum atomic E-state index is 12.6. The molecule has 0 atom stereocenters. The van der Waals surface area contributed by atoms with Crippen LogP contribution in [0.5, 0.6) is 17.2 Å². The van der Waals surface area contributed by atoms with E-state index in [9.17, 15) is 9.59 Å². The summed E-state index contributed by atoms with van der Waals surface area (Å²) < 4.78 is 16.7. The zero-order valence-electron chi connectivity index (χ0n) is 19.0. The van der Waals surface area contributed by atoms with E-state index in [-0.39, 0.29) is 18.4 Å². The molecule has 0 saturated heterocycles. The van der Waals surface area contributed by atoms with Crippen LogP contribution in [-0.2, 0) is 17.9 Å². The van der Waals surface area contributed by atoms with E-state index in [2.05, 4.69) is 5.32 Å². The second-order valence-corrected chi connectivity index (χ2v) is 7.55. The maximum absolute atomic E-state index is 12.6. The monoisotopic (exact) mass is 448 g/mol. The summed E-state index contributed by atoms with van der Waals surface area (Å²) in [4.78, 5) is 25.8. The van der Waals surface area contributed by atoms with E-state index in [4.69, 9.17) is 14.2 Å². The number of nitrogens with zero attached hydrogens (tertiary/aromatic N) is 1. The van der Waals surface area contributed by atoms with Gasteiger partial charge in [-0.05, 0) is 41.5 Å². The van der Waals surface area contributed by atoms with Crippen LogP contribution in [0.4, 0.5) is 0 Å². The van der Waals surface area contributed by atoms with Gasteiger partial charge in [0.15, 0.2) is 18.1 Å². The lowest BCUT2D eigenvalue weighted by atomic mass is 10.1.